The van der Waals surface area contributed by atoms with Crippen molar-refractivity contribution in [2.24, 2.45) is 0 Å². The second-order valence-electron chi connectivity index (χ2n) is 8.94. The molecule has 3 nitrogen and oxygen atoms in total. The van der Waals surface area contributed by atoms with E-state index in [9.17, 15) is 4.79 Å². The van der Waals surface area contributed by atoms with Gasteiger partial charge in [-0.3, -0.25) is 4.79 Å². The average molecular weight is 395 g/mol. The zero-order valence-corrected chi connectivity index (χ0v) is 18.5. The molecule has 0 saturated carbocycles. The fraction of sp³-hybridized carbons (Fsp3) is 0.375. The van der Waals surface area contributed by atoms with Gasteiger partial charge < -0.3 is 10.2 Å². The molecule has 4 heteroatoms. The van der Waals surface area contributed by atoms with Crippen molar-refractivity contribution in [1.82, 2.24) is 0 Å². The van der Waals surface area contributed by atoms with E-state index in [1.165, 1.54) is 10.5 Å². The molecular weight excluding hydrogens is 364 g/mol. The lowest BCUT2D eigenvalue weighted by Crippen LogP contribution is -2.33. The van der Waals surface area contributed by atoms with E-state index in [0.29, 0.717) is 0 Å². The SMILES string of the molecule is CN(C)c1ccc(/C=C/C(=O)Nc2ccc3c(c2)C(C)(C)CC(C)(C)S3)cc1. The van der Waals surface area contributed by atoms with Gasteiger partial charge in [-0.1, -0.05) is 39.8 Å². The van der Waals surface area contributed by atoms with Crippen LogP contribution >= 0.6 is 11.8 Å². The summed E-state index contributed by atoms with van der Waals surface area (Å²) in [5.41, 5.74) is 4.40. The Morgan fingerprint density at radius 1 is 1.07 bits per heavy atom. The molecule has 148 valence electrons. The summed E-state index contributed by atoms with van der Waals surface area (Å²) in [6.45, 7) is 9.17. The summed E-state index contributed by atoms with van der Waals surface area (Å²) in [4.78, 5) is 15.8. The van der Waals surface area contributed by atoms with Gasteiger partial charge in [0.1, 0.15) is 0 Å². The van der Waals surface area contributed by atoms with Gasteiger partial charge in [0.2, 0.25) is 5.91 Å². The zero-order chi connectivity index (χ0) is 20.5. The van der Waals surface area contributed by atoms with Crippen molar-refractivity contribution in [2.75, 3.05) is 24.3 Å². The van der Waals surface area contributed by atoms with Crippen molar-refractivity contribution in [1.29, 1.82) is 0 Å². The smallest absolute Gasteiger partial charge is 0.248 e. The normalized spacial score (nSPS) is 17.2. The third-order valence-electron chi connectivity index (χ3n) is 5.07. The van der Waals surface area contributed by atoms with E-state index in [4.69, 9.17) is 0 Å². The van der Waals surface area contributed by atoms with Crippen LogP contribution in [-0.4, -0.2) is 24.7 Å². The molecule has 1 heterocycles. The Bertz CT molecular complexity index is 895. The Labute approximate surface area is 173 Å². The Hall–Kier alpha value is -2.20. The summed E-state index contributed by atoms with van der Waals surface area (Å²) in [6, 6.07) is 14.4. The highest BCUT2D eigenvalue weighted by Crippen LogP contribution is 2.51. The van der Waals surface area contributed by atoms with Gasteiger partial charge in [-0.15, -0.1) is 11.8 Å². The second kappa shape index (κ2) is 7.67. The molecule has 0 fully saturated rings. The molecule has 1 aliphatic heterocycles. The number of rotatable bonds is 4. The van der Waals surface area contributed by atoms with Crippen molar-refractivity contribution in [3.8, 4) is 0 Å². The number of carbonyl (C=O) groups excluding carboxylic acids is 1. The van der Waals surface area contributed by atoms with Crippen LogP contribution in [0.4, 0.5) is 11.4 Å². The summed E-state index contributed by atoms with van der Waals surface area (Å²) in [5, 5.41) is 3.01. The first kappa shape index (κ1) is 20.5. The number of anilines is 2. The standard InChI is InChI=1S/C24H30N2OS/c1-23(2)16-24(3,4)28-21-13-10-18(15-20(21)23)25-22(27)14-9-17-7-11-19(12-8-17)26(5)6/h7-15H,16H2,1-6H3,(H,25,27)/b14-9+. The van der Waals surface area contributed by atoms with E-state index in [1.807, 2.05) is 62.3 Å². The summed E-state index contributed by atoms with van der Waals surface area (Å²) in [7, 11) is 4.02. The first-order chi connectivity index (χ1) is 13.1. The lowest BCUT2D eigenvalue weighted by Gasteiger charge is -2.41. The topological polar surface area (TPSA) is 32.3 Å². The van der Waals surface area contributed by atoms with Gasteiger partial charge >= 0.3 is 0 Å². The van der Waals surface area contributed by atoms with Crippen molar-refractivity contribution in [3.05, 3.63) is 59.7 Å². The largest absolute Gasteiger partial charge is 0.378 e. The minimum atomic E-state index is -0.113. The third-order valence-corrected chi connectivity index (χ3v) is 6.34. The fourth-order valence-corrected chi connectivity index (χ4v) is 5.57. The van der Waals surface area contributed by atoms with Crippen molar-refractivity contribution in [2.45, 2.75) is 49.2 Å². The van der Waals surface area contributed by atoms with Crippen LogP contribution in [0.1, 0.15) is 45.2 Å². The molecule has 0 unspecified atom stereocenters. The minimum Gasteiger partial charge on any atom is -0.378 e. The Morgan fingerprint density at radius 3 is 2.39 bits per heavy atom. The highest BCUT2D eigenvalue weighted by Gasteiger charge is 2.38. The van der Waals surface area contributed by atoms with E-state index in [1.54, 1.807) is 6.08 Å². The quantitative estimate of drug-likeness (QED) is 0.650. The second-order valence-corrected chi connectivity index (χ2v) is 10.7. The summed E-state index contributed by atoms with van der Waals surface area (Å²) >= 11 is 1.92. The molecule has 0 aliphatic carbocycles. The number of hydrogen-bond donors (Lipinski definition) is 1. The molecule has 1 aliphatic rings. The predicted octanol–water partition coefficient (Wildman–Crippen LogP) is 5.96. The molecule has 3 rings (SSSR count). The van der Waals surface area contributed by atoms with Crippen molar-refractivity contribution >= 4 is 35.1 Å². The highest BCUT2D eigenvalue weighted by molar-refractivity contribution is 8.00. The monoisotopic (exact) mass is 394 g/mol. The molecule has 0 atom stereocenters. The van der Waals surface area contributed by atoms with Crippen LogP contribution in [0.15, 0.2) is 53.4 Å². The van der Waals surface area contributed by atoms with Crippen LogP contribution in [0, 0.1) is 0 Å². The first-order valence-corrected chi connectivity index (χ1v) is 10.5. The van der Waals surface area contributed by atoms with Crippen LogP contribution in [0.2, 0.25) is 0 Å². The lowest BCUT2D eigenvalue weighted by molar-refractivity contribution is -0.111. The van der Waals surface area contributed by atoms with E-state index >= 15 is 0 Å². The van der Waals surface area contributed by atoms with Gasteiger partial charge in [0, 0.05) is 41.2 Å². The number of benzene rings is 2. The van der Waals surface area contributed by atoms with Crippen LogP contribution in [0.5, 0.6) is 0 Å². The maximum absolute atomic E-state index is 12.4. The summed E-state index contributed by atoms with van der Waals surface area (Å²) in [5.74, 6) is -0.113. The highest BCUT2D eigenvalue weighted by atomic mass is 32.2. The number of carbonyl (C=O) groups is 1. The molecule has 1 N–H and O–H groups in total. The Kier molecular flexibility index (Phi) is 5.62. The van der Waals surface area contributed by atoms with E-state index in [2.05, 4.69) is 50.0 Å². The Balaban J connectivity index is 1.71. The first-order valence-electron chi connectivity index (χ1n) is 9.66. The third kappa shape index (κ3) is 4.79. The lowest BCUT2D eigenvalue weighted by atomic mass is 9.77. The number of hydrogen-bond acceptors (Lipinski definition) is 3. The van der Waals surface area contributed by atoms with Crippen LogP contribution in [0.25, 0.3) is 6.08 Å². The maximum atomic E-state index is 12.4. The molecule has 0 saturated heterocycles. The van der Waals surface area contributed by atoms with Crippen molar-refractivity contribution in [3.63, 3.8) is 0 Å². The van der Waals surface area contributed by atoms with Gasteiger partial charge in [0.25, 0.3) is 0 Å². The van der Waals surface area contributed by atoms with E-state index in [0.717, 1.165) is 23.4 Å². The molecule has 28 heavy (non-hydrogen) atoms. The molecule has 2 aromatic rings. The fourth-order valence-electron chi connectivity index (χ4n) is 3.96. The minimum absolute atomic E-state index is 0.0921. The predicted molar refractivity (Wildman–Crippen MR) is 122 cm³/mol. The number of fused-ring (bicyclic) bond motifs is 1. The molecule has 2 aromatic carbocycles. The molecule has 1 amide bonds. The van der Waals surface area contributed by atoms with Crippen LogP contribution < -0.4 is 10.2 Å². The summed E-state index contributed by atoms with van der Waals surface area (Å²) < 4.78 is 0.228. The van der Waals surface area contributed by atoms with Crippen LogP contribution in [-0.2, 0) is 10.2 Å². The number of nitrogens with zero attached hydrogens (tertiary/aromatic N) is 1. The zero-order valence-electron chi connectivity index (χ0n) is 17.7. The maximum Gasteiger partial charge on any atom is 0.248 e. The van der Waals surface area contributed by atoms with Gasteiger partial charge in [0.15, 0.2) is 0 Å². The Morgan fingerprint density at radius 2 is 1.75 bits per heavy atom. The number of nitrogens with one attached hydrogen (secondary N) is 1. The van der Waals surface area contributed by atoms with Crippen LogP contribution in [0.3, 0.4) is 0 Å². The molecule has 0 aromatic heterocycles. The molecule has 0 bridgehead atoms. The van der Waals surface area contributed by atoms with Gasteiger partial charge in [-0.05, 0) is 59.4 Å². The molecule has 0 radical (unpaired) electrons. The van der Waals surface area contributed by atoms with Gasteiger partial charge in [-0.25, -0.2) is 0 Å². The number of thioether (sulfide) groups is 1. The molecule has 0 spiro atoms. The van der Waals surface area contributed by atoms with Crippen molar-refractivity contribution < 1.29 is 4.79 Å². The summed E-state index contributed by atoms with van der Waals surface area (Å²) in [6.07, 6.45) is 4.54. The number of amides is 1. The van der Waals surface area contributed by atoms with E-state index < -0.39 is 0 Å². The van der Waals surface area contributed by atoms with E-state index in [-0.39, 0.29) is 16.1 Å². The average Bonchev–Trinajstić information content (AvgIpc) is 2.59. The molecular formula is C24H30N2OS. The van der Waals surface area contributed by atoms with Gasteiger partial charge in [-0.2, -0.15) is 0 Å². The van der Waals surface area contributed by atoms with Gasteiger partial charge in [0.05, 0.1) is 0 Å².